The van der Waals surface area contributed by atoms with Gasteiger partial charge in [-0.15, -0.1) is 0 Å². The van der Waals surface area contributed by atoms with Crippen LogP contribution in [0.4, 0.5) is 0 Å². The Hall–Kier alpha value is -3.66. The third-order valence-corrected chi connectivity index (χ3v) is 4.41. The normalized spacial score (nSPS) is 13.7. The molecule has 7 nitrogen and oxygen atoms in total. The highest BCUT2D eigenvalue weighted by Crippen LogP contribution is 2.19. The minimum Gasteiger partial charge on any atom is -0.471 e. The van der Waals surface area contributed by atoms with Crippen LogP contribution in [0, 0.1) is 11.3 Å². The minimum absolute atomic E-state index is 0.00295. The topological polar surface area (TPSA) is 84.0 Å². The second-order valence-electron chi connectivity index (χ2n) is 6.38. The van der Waals surface area contributed by atoms with E-state index in [1.165, 1.54) is 6.20 Å². The molecule has 0 N–H and O–H groups in total. The molecule has 7 heteroatoms. The number of imidazole rings is 1. The van der Waals surface area contributed by atoms with Crippen molar-refractivity contribution >= 4 is 5.91 Å². The predicted octanol–water partition coefficient (Wildman–Crippen LogP) is 2.10. The lowest BCUT2D eigenvalue weighted by molar-refractivity contribution is 0.0160. The van der Waals surface area contributed by atoms with Gasteiger partial charge < -0.3 is 14.2 Å². The third-order valence-electron chi connectivity index (χ3n) is 4.41. The molecule has 0 atom stereocenters. The molecular weight excluding hydrogens is 342 g/mol. The van der Waals surface area contributed by atoms with Crippen LogP contribution in [0.25, 0.3) is 0 Å². The van der Waals surface area contributed by atoms with Crippen LogP contribution in [-0.2, 0) is 6.54 Å². The van der Waals surface area contributed by atoms with E-state index in [2.05, 4.69) is 9.97 Å². The van der Waals surface area contributed by atoms with Gasteiger partial charge in [-0.2, -0.15) is 5.26 Å². The van der Waals surface area contributed by atoms with Crippen LogP contribution in [-0.4, -0.2) is 44.5 Å². The fourth-order valence-electron chi connectivity index (χ4n) is 2.89. The number of aromatic nitrogens is 3. The summed E-state index contributed by atoms with van der Waals surface area (Å²) in [5.41, 5.74) is 2.27. The molecule has 2 aromatic heterocycles. The fourth-order valence-corrected chi connectivity index (χ4v) is 2.89. The van der Waals surface area contributed by atoms with Crippen molar-refractivity contribution in [2.75, 3.05) is 13.1 Å². The lowest BCUT2D eigenvalue weighted by atomic mass is 10.1. The number of carbonyl (C=O) groups excluding carboxylic acids is 1. The summed E-state index contributed by atoms with van der Waals surface area (Å²) < 4.78 is 7.70. The van der Waals surface area contributed by atoms with E-state index in [9.17, 15) is 4.79 Å². The zero-order valence-corrected chi connectivity index (χ0v) is 14.5. The van der Waals surface area contributed by atoms with E-state index in [1.807, 2.05) is 41.1 Å². The summed E-state index contributed by atoms with van der Waals surface area (Å²) in [5.74, 6) is 0.465. The number of amides is 1. The van der Waals surface area contributed by atoms with Gasteiger partial charge in [-0.1, -0.05) is 12.1 Å². The summed E-state index contributed by atoms with van der Waals surface area (Å²) in [4.78, 5) is 22.4. The number of likely N-dealkylation sites (tertiary alicyclic amines) is 1. The maximum atomic E-state index is 12.5. The second-order valence-corrected chi connectivity index (χ2v) is 6.38. The van der Waals surface area contributed by atoms with E-state index in [0.717, 1.165) is 12.1 Å². The Balaban J connectivity index is 1.30. The summed E-state index contributed by atoms with van der Waals surface area (Å²) in [6.45, 7) is 1.78. The molecule has 1 fully saturated rings. The first-order chi connectivity index (χ1) is 13.2. The maximum absolute atomic E-state index is 12.5. The highest BCUT2D eigenvalue weighted by atomic mass is 16.5. The van der Waals surface area contributed by atoms with E-state index >= 15 is 0 Å². The van der Waals surface area contributed by atoms with Crippen LogP contribution in [0.1, 0.15) is 21.5 Å². The fraction of sp³-hybridized carbons (Fsp3) is 0.200. The summed E-state index contributed by atoms with van der Waals surface area (Å²) in [5, 5.41) is 8.77. The first-order valence-corrected chi connectivity index (χ1v) is 8.58. The average Bonchev–Trinajstić information content (AvgIpc) is 3.18. The zero-order valence-electron chi connectivity index (χ0n) is 14.5. The molecule has 1 aromatic carbocycles. The largest absolute Gasteiger partial charge is 0.471 e. The smallest absolute Gasteiger partial charge is 0.254 e. The molecule has 1 saturated heterocycles. The molecule has 0 spiro atoms. The molecule has 27 heavy (non-hydrogen) atoms. The van der Waals surface area contributed by atoms with Crippen molar-refractivity contribution in [2.24, 2.45) is 0 Å². The van der Waals surface area contributed by atoms with Gasteiger partial charge in [-0.3, -0.25) is 4.79 Å². The van der Waals surface area contributed by atoms with E-state index in [1.54, 1.807) is 29.6 Å². The van der Waals surface area contributed by atoms with Gasteiger partial charge in [-0.05, 0) is 23.8 Å². The highest BCUT2D eigenvalue weighted by Gasteiger charge is 2.33. The van der Waals surface area contributed by atoms with E-state index in [-0.39, 0.29) is 12.0 Å². The monoisotopic (exact) mass is 359 g/mol. The number of rotatable bonds is 5. The quantitative estimate of drug-likeness (QED) is 0.697. The Labute approximate surface area is 156 Å². The Morgan fingerprint density at radius 3 is 2.67 bits per heavy atom. The number of ether oxygens (including phenoxy) is 1. The second kappa shape index (κ2) is 7.30. The van der Waals surface area contributed by atoms with E-state index in [4.69, 9.17) is 10.00 Å². The number of nitriles is 1. The minimum atomic E-state index is -0.0742. The molecule has 0 unspecified atom stereocenters. The number of nitrogens with zero attached hydrogens (tertiary/aromatic N) is 5. The number of hydrogen-bond acceptors (Lipinski definition) is 5. The van der Waals surface area contributed by atoms with Crippen molar-refractivity contribution in [3.63, 3.8) is 0 Å². The van der Waals surface area contributed by atoms with Gasteiger partial charge >= 0.3 is 0 Å². The molecule has 3 aromatic rings. The third kappa shape index (κ3) is 3.80. The molecule has 1 amide bonds. The first kappa shape index (κ1) is 16.8. The van der Waals surface area contributed by atoms with Gasteiger partial charge in [-0.25, -0.2) is 9.97 Å². The summed E-state index contributed by atoms with van der Waals surface area (Å²) in [7, 11) is 0. The molecule has 0 radical (unpaired) electrons. The van der Waals surface area contributed by atoms with Crippen LogP contribution in [0.15, 0.2) is 61.3 Å². The van der Waals surface area contributed by atoms with Gasteiger partial charge in [0.25, 0.3) is 5.91 Å². The molecule has 134 valence electrons. The van der Waals surface area contributed by atoms with Gasteiger partial charge in [0.05, 0.1) is 25.0 Å². The Kier molecular flexibility index (Phi) is 4.54. The lowest BCUT2D eigenvalue weighted by Gasteiger charge is -2.38. The predicted molar refractivity (Wildman–Crippen MR) is 97.0 cm³/mol. The van der Waals surface area contributed by atoms with Crippen LogP contribution in [0.3, 0.4) is 0 Å². The summed E-state index contributed by atoms with van der Waals surface area (Å²) in [6.07, 6.45) is 6.81. The van der Waals surface area contributed by atoms with Gasteiger partial charge in [0.15, 0.2) is 0 Å². The standard InChI is InChI=1S/C20H17N5O2/c21-9-16-3-6-19(23-10-16)27-18-12-25(13-18)20(26)17-4-1-15(2-5-17)11-24-8-7-22-14-24/h1-8,10,14,18H,11-13H2. The van der Waals surface area contributed by atoms with Crippen LogP contribution in [0.5, 0.6) is 5.88 Å². The Bertz CT molecular complexity index is 953. The highest BCUT2D eigenvalue weighted by molar-refractivity contribution is 5.94. The SMILES string of the molecule is N#Cc1ccc(OC2CN(C(=O)c3ccc(Cn4ccnc4)cc3)C2)nc1. The van der Waals surface area contributed by atoms with E-state index in [0.29, 0.717) is 30.1 Å². The Morgan fingerprint density at radius 1 is 1.22 bits per heavy atom. The molecular formula is C20H17N5O2. The summed E-state index contributed by atoms with van der Waals surface area (Å²) in [6, 6.07) is 13.0. The van der Waals surface area contributed by atoms with Crippen molar-refractivity contribution < 1.29 is 9.53 Å². The molecule has 1 aliphatic rings. The van der Waals surface area contributed by atoms with Crippen molar-refractivity contribution in [1.82, 2.24) is 19.4 Å². The van der Waals surface area contributed by atoms with Gasteiger partial charge in [0.2, 0.25) is 5.88 Å². The van der Waals surface area contributed by atoms with Crippen molar-refractivity contribution in [2.45, 2.75) is 12.6 Å². The number of pyridine rings is 1. The van der Waals surface area contributed by atoms with Crippen LogP contribution in [0.2, 0.25) is 0 Å². The molecule has 0 bridgehead atoms. The first-order valence-electron chi connectivity index (χ1n) is 8.58. The zero-order chi connectivity index (χ0) is 18.6. The van der Waals surface area contributed by atoms with Crippen molar-refractivity contribution in [3.05, 3.63) is 78.0 Å². The lowest BCUT2D eigenvalue weighted by Crippen LogP contribution is -2.56. The van der Waals surface area contributed by atoms with Crippen LogP contribution >= 0.6 is 0 Å². The molecule has 0 aliphatic carbocycles. The molecule has 0 saturated carbocycles. The van der Waals surface area contributed by atoms with E-state index < -0.39 is 0 Å². The average molecular weight is 359 g/mol. The molecule has 3 heterocycles. The van der Waals surface area contributed by atoms with Gasteiger partial charge in [0.1, 0.15) is 12.2 Å². The Morgan fingerprint density at radius 2 is 2.04 bits per heavy atom. The number of benzene rings is 1. The summed E-state index contributed by atoms with van der Waals surface area (Å²) >= 11 is 0. The van der Waals surface area contributed by atoms with Crippen molar-refractivity contribution in [3.8, 4) is 11.9 Å². The number of hydrogen-bond donors (Lipinski definition) is 0. The number of carbonyl (C=O) groups is 1. The molecule has 4 rings (SSSR count). The molecule has 1 aliphatic heterocycles. The van der Waals surface area contributed by atoms with Gasteiger partial charge in [0, 0.05) is 36.8 Å². The van der Waals surface area contributed by atoms with Crippen molar-refractivity contribution in [1.29, 1.82) is 5.26 Å². The maximum Gasteiger partial charge on any atom is 0.254 e. The van der Waals surface area contributed by atoms with Crippen LogP contribution < -0.4 is 4.74 Å².